The molecular formula is C23H24F3NO4. The van der Waals surface area contributed by atoms with Crippen LogP contribution in [0.5, 0.6) is 5.75 Å². The van der Waals surface area contributed by atoms with E-state index < -0.39 is 29.6 Å². The third-order valence-corrected chi connectivity index (χ3v) is 3.84. The second-order valence-electron chi connectivity index (χ2n) is 5.84. The molecule has 0 aliphatic rings. The topological polar surface area (TPSA) is 75.6 Å². The number of carboxylic acids is 1. The maximum absolute atomic E-state index is 12.4. The van der Waals surface area contributed by atoms with Gasteiger partial charge < -0.3 is 15.2 Å². The number of allylic oxidation sites excluding steroid dienone is 4. The summed E-state index contributed by atoms with van der Waals surface area (Å²) in [7, 11) is 0. The average molecular weight is 435 g/mol. The number of carboxylic acid groups (broad SMARTS) is 1. The Balaban J connectivity index is 0.00000233. The third-order valence-electron chi connectivity index (χ3n) is 3.84. The largest absolute Gasteiger partial charge is 0.573 e. The number of aromatic carboxylic acids is 1. The fraction of sp³-hybridized carbons (Fsp3) is 0.217. The minimum absolute atomic E-state index is 0.149. The van der Waals surface area contributed by atoms with Crippen LogP contribution in [0.2, 0.25) is 0 Å². The van der Waals surface area contributed by atoms with E-state index >= 15 is 0 Å². The van der Waals surface area contributed by atoms with Crippen molar-refractivity contribution in [3.05, 3.63) is 77.4 Å². The van der Waals surface area contributed by atoms with E-state index in [0.29, 0.717) is 6.07 Å². The Bertz CT molecular complexity index is 962. The Kier molecular flexibility index (Phi) is 9.53. The highest BCUT2D eigenvalue weighted by molar-refractivity contribution is 6.08. The van der Waals surface area contributed by atoms with Crippen molar-refractivity contribution in [3.8, 4) is 5.75 Å². The van der Waals surface area contributed by atoms with Crippen LogP contribution >= 0.6 is 0 Å². The van der Waals surface area contributed by atoms with Crippen LogP contribution in [0, 0.1) is 0 Å². The van der Waals surface area contributed by atoms with Crippen LogP contribution in [0.25, 0.3) is 5.57 Å². The predicted octanol–water partition coefficient (Wildman–Crippen LogP) is 6.54. The van der Waals surface area contributed by atoms with Gasteiger partial charge in [0.2, 0.25) is 0 Å². The summed E-state index contributed by atoms with van der Waals surface area (Å²) < 4.78 is 40.7. The van der Waals surface area contributed by atoms with Crippen molar-refractivity contribution >= 4 is 23.1 Å². The highest BCUT2D eigenvalue weighted by atomic mass is 19.4. The van der Waals surface area contributed by atoms with Crippen molar-refractivity contribution in [3.63, 3.8) is 0 Å². The van der Waals surface area contributed by atoms with Gasteiger partial charge in [-0.3, -0.25) is 4.79 Å². The number of carbonyl (C=O) groups excluding carboxylic acids is 1. The maximum atomic E-state index is 12.4. The van der Waals surface area contributed by atoms with E-state index in [1.165, 1.54) is 0 Å². The number of anilines is 1. The first-order chi connectivity index (χ1) is 14.6. The van der Waals surface area contributed by atoms with Gasteiger partial charge >= 0.3 is 12.3 Å². The van der Waals surface area contributed by atoms with Gasteiger partial charge in [0.15, 0.2) is 0 Å². The number of carbonyl (C=O) groups is 2. The van der Waals surface area contributed by atoms with E-state index in [4.69, 9.17) is 0 Å². The highest BCUT2D eigenvalue weighted by Crippen LogP contribution is 2.28. The van der Waals surface area contributed by atoms with E-state index in [9.17, 15) is 27.9 Å². The van der Waals surface area contributed by atoms with Crippen LogP contribution in [-0.4, -0.2) is 23.3 Å². The molecule has 8 heteroatoms. The van der Waals surface area contributed by atoms with Gasteiger partial charge in [-0.05, 0) is 55.3 Å². The molecule has 0 atom stereocenters. The van der Waals surface area contributed by atoms with Gasteiger partial charge in [0.1, 0.15) is 5.75 Å². The maximum Gasteiger partial charge on any atom is 0.573 e. The first-order valence-corrected chi connectivity index (χ1v) is 9.48. The highest BCUT2D eigenvalue weighted by Gasteiger charge is 2.31. The Hall–Kier alpha value is -3.55. The van der Waals surface area contributed by atoms with E-state index in [1.54, 1.807) is 24.3 Å². The van der Waals surface area contributed by atoms with Crippen molar-refractivity contribution in [2.75, 3.05) is 5.32 Å². The summed E-state index contributed by atoms with van der Waals surface area (Å²) in [5.41, 5.74) is 1.44. The summed E-state index contributed by atoms with van der Waals surface area (Å²) in [6.45, 7) is 7.77. The lowest BCUT2D eigenvalue weighted by atomic mass is 10.0. The van der Waals surface area contributed by atoms with Crippen molar-refractivity contribution in [2.45, 2.75) is 34.1 Å². The molecule has 0 saturated carbocycles. The zero-order valence-electron chi connectivity index (χ0n) is 17.6. The minimum atomic E-state index is -4.96. The van der Waals surface area contributed by atoms with E-state index in [2.05, 4.69) is 10.1 Å². The molecule has 2 N–H and O–H groups in total. The smallest absolute Gasteiger partial charge is 0.478 e. The minimum Gasteiger partial charge on any atom is -0.478 e. The van der Waals surface area contributed by atoms with Gasteiger partial charge in [0.05, 0.1) is 11.3 Å². The molecule has 2 aromatic carbocycles. The van der Waals surface area contributed by atoms with E-state index in [0.717, 1.165) is 23.3 Å². The van der Waals surface area contributed by atoms with Gasteiger partial charge in [-0.2, -0.15) is 0 Å². The molecule has 0 aromatic heterocycles. The van der Waals surface area contributed by atoms with Gasteiger partial charge in [-0.25, -0.2) is 4.79 Å². The van der Waals surface area contributed by atoms with Gasteiger partial charge in [0, 0.05) is 5.56 Å². The molecule has 0 aliphatic carbocycles. The lowest BCUT2D eigenvalue weighted by Crippen LogP contribution is -2.18. The summed E-state index contributed by atoms with van der Waals surface area (Å²) in [5.74, 6) is -2.80. The molecule has 0 aliphatic heterocycles. The Morgan fingerprint density at radius 2 is 1.58 bits per heavy atom. The lowest BCUT2D eigenvalue weighted by molar-refractivity contribution is -0.274. The molecule has 2 aromatic rings. The van der Waals surface area contributed by atoms with E-state index in [-0.39, 0.29) is 11.3 Å². The molecule has 0 radical (unpaired) electrons. The molecule has 0 heterocycles. The summed E-state index contributed by atoms with van der Waals surface area (Å²) in [4.78, 5) is 23.8. The van der Waals surface area contributed by atoms with E-state index in [1.807, 2.05) is 45.9 Å². The van der Waals surface area contributed by atoms with Crippen molar-refractivity contribution in [1.82, 2.24) is 0 Å². The van der Waals surface area contributed by atoms with Crippen LogP contribution in [0.1, 0.15) is 54.0 Å². The molecule has 1 amide bonds. The molecule has 0 bridgehead atoms. The number of halogens is 3. The summed E-state index contributed by atoms with van der Waals surface area (Å²) in [5, 5.41) is 11.6. The Labute approximate surface area is 178 Å². The van der Waals surface area contributed by atoms with Crippen molar-refractivity contribution in [1.29, 1.82) is 0 Å². The zero-order valence-corrected chi connectivity index (χ0v) is 17.6. The third kappa shape index (κ3) is 7.65. The normalized spacial score (nSPS) is 11.5. The van der Waals surface area contributed by atoms with Crippen LogP contribution < -0.4 is 10.1 Å². The SMILES string of the molecule is C/C=C\C(=C/C)c1ccc(C(=O)Nc2ccc(OC(F)(F)F)cc2C(=O)O)cc1.CC. The Morgan fingerprint density at radius 3 is 2.06 bits per heavy atom. The second kappa shape index (κ2) is 11.6. The molecule has 0 spiro atoms. The number of alkyl halides is 3. The number of hydrogen-bond donors (Lipinski definition) is 2. The van der Waals surface area contributed by atoms with Crippen molar-refractivity contribution < 1.29 is 32.6 Å². The number of hydrogen-bond acceptors (Lipinski definition) is 3. The molecule has 31 heavy (non-hydrogen) atoms. The van der Waals surface area contributed by atoms with Gasteiger partial charge in [-0.15, -0.1) is 13.2 Å². The second-order valence-corrected chi connectivity index (χ2v) is 5.84. The fourth-order valence-electron chi connectivity index (χ4n) is 2.55. The molecular weight excluding hydrogens is 411 g/mol. The van der Waals surface area contributed by atoms with Gasteiger partial charge in [-0.1, -0.05) is 44.2 Å². The summed E-state index contributed by atoms with van der Waals surface area (Å²) in [6.07, 6.45) is 0.758. The standard InChI is InChI=1S/C21H18F3NO4.C2H6/c1-3-5-13(4-2)14-6-8-15(9-7-14)19(26)25-18-11-10-16(29-21(22,23)24)12-17(18)20(27)28;1-2/h3-12H,1-2H3,(H,25,26)(H,27,28);1-2H3/b5-3-,13-4+;. The molecule has 166 valence electrons. The number of ether oxygens (including phenoxy) is 1. The molecule has 0 fully saturated rings. The van der Waals surface area contributed by atoms with Crippen molar-refractivity contribution in [2.24, 2.45) is 0 Å². The molecule has 0 saturated heterocycles. The van der Waals surface area contributed by atoms with Gasteiger partial charge in [0.25, 0.3) is 5.91 Å². The average Bonchev–Trinajstić information content (AvgIpc) is 2.73. The first kappa shape index (κ1) is 25.5. The summed E-state index contributed by atoms with van der Waals surface area (Å²) in [6, 6.07) is 9.28. The monoisotopic (exact) mass is 435 g/mol. The predicted molar refractivity (Wildman–Crippen MR) is 114 cm³/mol. The quantitative estimate of drug-likeness (QED) is 0.505. The first-order valence-electron chi connectivity index (χ1n) is 9.48. The summed E-state index contributed by atoms with van der Waals surface area (Å²) >= 11 is 0. The molecule has 2 rings (SSSR count). The van der Waals surface area contributed by atoms with Crippen LogP contribution in [-0.2, 0) is 0 Å². The van der Waals surface area contributed by atoms with Crippen LogP contribution in [0.3, 0.4) is 0 Å². The number of rotatable bonds is 6. The Morgan fingerprint density at radius 1 is 1.00 bits per heavy atom. The van der Waals surface area contributed by atoms with Crippen LogP contribution in [0.4, 0.5) is 18.9 Å². The number of nitrogens with one attached hydrogen (secondary N) is 1. The number of amides is 1. The zero-order chi connectivity index (χ0) is 23.6. The number of benzene rings is 2. The molecule has 5 nitrogen and oxygen atoms in total. The molecule has 0 unspecified atom stereocenters. The lowest BCUT2D eigenvalue weighted by Gasteiger charge is -2.13. The van der Waals surface area contributed by atoms with Crippen LogP contribution in [0.15, 0.2) is 60.7 Å². The fourth-order valence-corrected chi connectivity index (χ4v) is 2.55.